The topological polar surface area (TPSA) is 70.6 Å². The van der Waals surface area contributed by atoms with Crippen LogP contribution < -0.4 is 10.9 Å². The van der Waals surface area contributed by atoms with Crippen LogP contribution in [0.3, 0.4) is 0 Å². The summed E-state index contributed by atoms with van der Waals surface area (Å²) in [6.45, 7) is 0. The molecule has 1 aliphatic heterocycles. The SMILES string of the molecule is O=C1NNC(c2ccc(O)cc2)O1. The number of nitrogens with one attached hydrogen (secondary N) is 2. The maximum absolute atomic E-state index is 10.6. The Morgan fingerprint density at radius 3 is 2.54 bits per heavy atom. The summed E-state index contributed by atoms with van der Waals surface area (Å²) in [6.07, 6.45) is -0.980. The van der Waals surface area contributed by atoms with E-state index in [9.17, 15) is 4.79 Å². The highest BCUT2D eigenvalue weighted by molar-refractivity contribution is 5.68. The molecular weight excluding hydrogens is 172 g/mol. The fourth-order valence-corrected chi connectivity index (χ4v) is 1.09. The molecular formula is C8H8N2O3. The Balaban J connectivity index is 2.17. The van der Waals surface area contributed by atoms with Gasteiger partial charge in [-0.1, -0.05) is 12.1 Å². The van der Waals surface area contributed by atoms with Crippen molar-refractivity contribution in [3.8, 4) is 5.75 Å². The first kappa shape index (κ1) is 7.88. The molecule has 13 heavy (non-hydrogen) atoms. The lowest BCUT2D eigenvalue weighted by molar-refractivity contribution is 0.130. The van der Waals surface area contributed by atoms with E-state index in [1.165, 1.54) is 12.1 Å². The average Bonchev–Trinajstić information content (AvgIpc) is 2.53. The van der Waals surface area contributed by atoms with E-state index < -0.39 is 12.3 Å². The maximum Gasteiger partial charge on any atom is 0.423 e. The van der Waals surface area contributed by atoms with Gasteiger partial charge in [0, 0.05) is 5.56 Å². The molecule has 68 valence electrons. The molecule has 5 heteroatoms. The molecule has 1 saturated heterocycles. The number of hydrogen-bond donors (Lipinski definition) is 3. The van der Waals surface area contributed by atoms with Crippen molar-refractivity contribution in [1.82, 2.24) is 10.9 Å². The predicted octanol–water partition coefficient (Wildman–Crippen LogP) is 0.635. The molecule has 1 amide bonds. The van der Waals surface area contributed by atoms with E-state index in [1.54, 1.807) is 12.1 Å². The second kappa shape index (κ2) is 2.95. The number of phenolic OH excluding ortho intramolecular Hbond substituents is 1. The van der Waals surface area contributed by atoms with E-state index in [0.717, 1.165) is 5.56 Å². The first-order valence-electron chi connectivity index (χ1n) is 3.77. The summed E-state index contributed by atoms with van der Waals surface area (Å²) in [5.74, 6) is 0.182. The third-order valence-corrected chi connectivity index (χ3v) is 1.73. The first-order valence-corrected chi connectivity index (χ1v) is 3.77. The van der Waals surface area contributed by atoms with Gasteiger partial charge in [0.1, 0.15) is 5.75 Å². The number of carbonyl (C=O) groups excluding carboxylic acids is 1. The van der Waals surface area contributed by atoms with Crippen LogP contribution in [0.1, 0.15) is 11.8 Å². The number of rotatable bonds is 1. The van der Waals surface area contributed by atoms with Crippen LogP contribution in [0.5, 0.6) is 5.75 Å². The number of cyclic esters (lactones) is 1. The number of hydrazine groups is 1. The van der Waals surface area contributed by atoms with Crippen LogP contribution in [-0.4, -0.2) is 11.2 Å². The van der Waals surface area contributed by atoms with E-state index in [4.69, 9.17) is 9.84 Å². The number of phenols is 1. The molecule has 1 aromatic rings. The molecule has 5 nitrogen and oxygen atoms in total. The van der Waals surface area contributed by atoms with Crippen molar-refractivity contribution in [2.75, 3.05) is 0 Å². The Bertz CT molecular complexity index is 323. The van der Waals surface area contributed by atoms with Crippen molar-refractivity contribution in [2.45, 2.75) is 6.23 Å². The number of carbonyl (C=O) groups is 1. The lowest BCUT2D eigenvalue weighted by Gasteiger charge is -2.07. The molecule has 0 bridgehead atoms. The number of amides is 1. The summed E-state index contributed by atoms with van der Waals surface area (Å²) in [5, 5.41) is 9.01. The van der Waals surface area contributed by atoms with Crippen LogP contribution in [-0.2, 0) is 4.74 Å². The Hall–Kier alpha value is -1.75. The monoisotopic (exact) mass is 180 g/mol. The minimum atomic E-state index is -0.502. The standard InChI is InChI=1S/C8H8N2O3/c11-6-3-1-5(2-4-6)7-9-10-8(12)13-7/h1-4,7,9,11H,(H,10,12). The zero-order chi connectivity index (χ0) is 9.26. The van der Waals surface area contributed by atoms with Gasteiger partial charge in [-0.2, -0.15) is 5.43 Å². The second-order valence-electron chi connectivity index (χ2n) is 2.65. The number of benzene rings is 1. The van der Waals surface area contributed by atoms with Crippen LogP contribution in [0, 0.1) is 0 Å². The third-order valence-electron chi connectivity index (χ3n) is 1.73. The fourth-order valence-electron chi connectivity index (χ4n) is 1.09. The Morgan fingerprint density at radius 2 is 2.00 bits per heavy atom. The Kier molecular flexibility index (Phi) is 1.79. The van der Waals surface area contributed by atoms with Gasteiger partial charge < -0.3 is 9.84 Å². The molecule has 1 heterocycles. The molecule has 1 aromatic carbocycles. The second-order valence-corrected chi connectivity index (χ2v) is 2.65. The van der Waals surface area contributed by atoms with Gasteiger partial charge in [0.25, 0.3) is 0 Å². The van der Waals surface area contributed by atoms with Crippen LogP contribution in [0.15, 0.2) is 24.3 Å². The van der Waals surface area contributed by atoms with Gasteiger partial charge in [0.05, 0.1) is 0 Å². The largest absolute Gasteiger partial charge is 0.508 e. The molecule has 0 saturated carbocycles. The zero-order valence-electron chi connectivity index (χ0n) is 6.65. The highest BCUT2D eigenvalue weighted by Gasteiger charge is 2.22. The fraction of sp³-hybridized carbons (Fsp3) is 0.125. The van der Waals surface area contributed by atoms with E-state index >= 15 is 0 Å². The average molecular weight is 180 g/mol. The van der Waals surface area contributed by atoms with Crippen molar-refractivity contribution in [2.24, 2.45) is 0 Å². The third kappa shape index (κ3) is 1.54. The highest BCUT2D eigenvalue weighted by atomic mass is 16.6. The summed E-state index contributed by atoms with van der Waals surface area (Å²) in [6, 6.07) is 6.41. The van der Waals surface area contributed by atoms with Gasteiger partial charge in [-0.15, -0.1) is 0 Å². The van der Waals surface area contributed by atoms with Crippen LogP contribution in [0.4, 0.5) is 4.79 Å². The quantitative estimate of drug-likeness (QED) is 0.593. The number of ether oxygens (including phenoxy) is 1. The summed E-state index contributed by atoms with van der Waals surface area (Å²) in [5.41, 5.74) is 5.72. The Labute approximate surface area is 74.3 Å². The van der Waals surface area contributed by atoms with Gasteiger partial charge in [-0.05, 0) is 12.1 Å². The van der Waals surface area contributed by atoms with Gasteiger partial charge in [0.2, 0.25) is 0 Å². The minimum Gasteiger partial charge on any atom is -0.508 e. The summed E-state index contributed by atoms with van der Waals surface area (Å²) in [4.78, 5) is 10.6. The lowest BCUT2D eigenvalue weighted by Crippen LogP contribution is -2.26. The predicted molar refractivity (Wildman–Crippen MR) is 43.6 cm³/mol. The summed E-state index contributed by atoms with van der Waals surface area (Å²) < 4.78 is 4.84. The maximum atomic E-state index is 10.6. The van der Waals surface area contributed by atoms with Crippen molar-refractivity contribution in [3.05, 3.63) is 29.8 Å². The molecule has 1 aliphatic rings. The summed E-state index contributed by atoms with van der Waals surface area (Å²) >= 11 is 0. The molecule has 1 unspecified atom stereocenters. The van der Waals surface area contributed by atoms with Gasteiger partial charge in [-0.25, -0.2) is 4.79 Å². The van der Waals surface area contributed by atoms with Gasteiger partial charge in [0.15, 0.2) is 6.23 Å². The molecule has 1 fully saturated rings. The van der Waals surface area contributed by atoms with Gasteiger partial charge in [-0.3, -0.25) is 5.43 Å². The molecule has 3 N–H and O–H groups in total. The van der Waals surface area contributed by atoms with Crippen molar-refractivity contribution in [1.29, 1.82) is 0 Å². The zero-order valence-corrected chi connectivity index (χ0v) is 6.65. The molecule has 0 aromatic heterocycles. The molecule has 1 atom stereocenters. The van der Waals surface area contributed by atoms with Crippen LogP contribution in [0.2, 0.25) is 0 Å². The Morgan fingerprint density at radius 1 is 1.31 bits per heavy atom. The van der Waals surface area contributed by atoms with Crippen molar-refractivity contribution in [3.63, 3.8) is 0 Å². The van der Waals surface area contributed by atoms with Crippen LogP contribution >= 0.6 is 0 Å². The van der Waals surface area contributed by atoms with Crippen LogP contribution in [0.25, 0.3) is 0 Å². The molecule has 0 spiro atoms. The van der Waals surface area contributed by atoms with E-state index in [2.05, 4.69) is 10.9 Å². The van der Waals surface area contributed by atoms with Gasteiger partial charge >= 0.3 is 6.09 Å². The van der Waals surface area contributed by atoms with E-state index in [1.807, 2.05) is 0 Å². The molecule has 2 rings (SSSR count). The lowest BCUT2D eigenvalue weighted by atomic mass is 10.2. The number of hydrogen-bond acceptors (Lipinski definition) is 4. The van der Waals surface area contributed by atoms with Crippen molar-refractivity contribution >= 4 is 6.09 Å². The van der Waals surface area contributed by atoms with E-state index in [-0.39, 0.29) is 5.75 Å². The smallest absolute Gasteiger partial charge is 0.423 e. The molecule has 0 aliphatic carbocycles. The number of aromatic hydroxyl groups is 1. The normalized spacial score (nSPS) is 20.9. The van der Waals surface area contributed by atoms with Crippen molar-refractivity contribution < 1.29 is 14.6 Å². The molecule has 0 radical (unpaired) electrons. The minimum absolute atomic E-state index is 0.182. The first-order chi connectivity index (χ1) is 6.25. The summed E-state index contributed by atoms with van der Waals surface area (Å²) in [7, 11) is 0. The highest BCUT2D eigenvalue weighted by Crippen LogP contribution is 2.19. The van der Waals surface area contributed by atoms with E-state index in [0.29, 0.717) is 0 Å².